The molecule has 1 amide bonds. The fraction of sp³-hybridized carbons (Fsp3) is 0.619. The Morgan fingerprint density at radius 2 is 1.89 bits per heavy atom. The van der Waals surface area contributed by atoms with Crippen LogP contribution in [0.3, 0.4) is 0 Å². The largest absolute Gasteiger partial charge is 0.462 e. The van der Waals surface area contributed by atoms with Gasteiger partial charge >= 0.3 is 5.97 Å². The van der Waals surface area contributed by atoms with Crippen LogP contribution in [0.15, 0.2) is 17.0 Å². The van der Waals surface area contributed by atoms with E-state index in [1.165, 1.54) is 23.9 Å². The Balaban J connectivity index is 2.98. The third-order valence-electron chi connectivity index (χ3n) is 4.50. The molecular formula is C21H31ClFNO3S. The molecule has 1 aromatic carbocycles. The van der Waals surface area contributed by atoms with E-state index in [0.717, 1.165) is 19.3 Å². The van der Waals surface area contributed by atoms with Gasteiger partial charge in [0.1, 0.15) is 11.1 Å². The number of nitrogens with one attached hydrogen (secondary N) is 1. The highest BCUT2D eigenvalue weighted by Gasteiger charge is 2.24. The summed E-state index contributed by atoms with van der Waals surface area (Å²) in [6, 6.07) is 2.67. The number of ether oxygens (including phenoxy) is 1. The molecule has 0 saturated heterocycles. The molecule has 0 spiro atoms. The maximum atomic E-state index is 14.3. The molecule has 7 heteroatoms. The topological polar surface area (TPSA) is 55.4 Å². The van der Waals surface area contributed by atoms with Crippen molar-refractivity contribution in [3.05, 3.63) is 23.0 Å². The number of anilines is 1. The summed E-state index contributed by atoms with van der Waals surface area (Å²) in [7, 11) is 0. The lowest BCUT2D eigenvalue weighted by Crippen LogP contribution is -2.24. The van der Waals surface area contributed by atoms with Crippen molar-refractivity contribution in [1.29, 1.82) is 0 Å². The van der Waals surface area contributed by atoms with Crippen molar-refractivity contribution in [3.8, 4) is 0 Å². The van der Waals surface area contributed by atoms with E-state index in [1.54, 1.807) is 0 Å². The molecule has 4 nitrogen and oxygen atoms in total. The first-order valence-corrected chi connectivity index (χ1v) is 11.1. The van der Waals surface area contributed by atoms with Crippen LogP contribution in [0.4, 0.5) is 10.1 Å². The number of halogens is 2. The molecule has 158 valence electrons. The lowest BCUT2D eigenvalue weighted by Gasteiger charge is -2.19. The molecule has 1 N–H and O–H groups in total. The van der Waals surface area contributed by atoms with Gasteiger partial charge in [0.15, 0.2) is 0 Å². The molecule has 1 aromatic rings. The fourth-order valence-corrected chi connectivity index (χ4v) is 3.83. The molecule has 3 unspecified atom stereocenters. The van der Waals surface area contributed by atoms with E-state index in [4.69, 9.17) is 16.3 Å². The predicted molar refractivity (Wildman–Crippen MR) is 115 cm³/mol. The summed E-state index contributed by atoms with van der Waals surface area (Å²) in [6.07, 6.45) is 3.17. The van der Waals surface area contributed by atoms with Crippen molar-refractivity contribution in [1.82, 2.24) is 0 Å². The van der Waals surface area contributed by atoms with E-state index in [-0.39, 0.29) is 34.6 Å². The van der Waals surface area contributed by atoms with E-state index >= 15 is 0 Å². The van der Waals surface area contributed by atoms with Gasteiger partial charge in [-0.1, -0.05) is 52.1 Å². The second-order valence-electron chi connectivity index (χ2n) is 7.08. The summed E-state index contributed by atoms with van der Waals surface area (Å²) in [4.78, 5) is 25.1. The summed E-state index contributed by atoms with van der Waals surface area (Å²) < 4.78 is 19.7. The smallest absolute Gasteiger partial charge is 0.319 e. The summed E-state index contributed by atoms with van der Waals surface area (Å²) in [6.45, 7) is 9.75. The SMILES string of the molecule is CCCC(Sc1cc(NC(=O)CC(C)CC)c(F)cc1Cl)C(=O)OC(C)CC. The van der Waals surface area contributed by atoms with Gasteiger partial charge in [0, 0.05) is 11.3 Å². The lowest BCUT2D eigenvalue weighted by atomic mass is 10.1. The number of hydrogen-bond donors (Lipinski definition) is 1. The van der Waals surface area contributed by atoms with Gasteiger partial charge in [0.2, 0.25) is 5.91 Å². The molecule has 0 aliphatic heterocycles. The molecule has 0 aliphatic carbocycles. The van der Waals surface area contributed by atoms with Crippen LogP contribution in [0, 0.1) is 11.7 Å². The Morgan fingerprint density at radius 3 is 2.46 bits per heavy atom. The zero-order valence-corrected chi connectivity index (χ0v) is 18.9. The first kappa shape index (κ1) is 24.8. The minimum absolute atomic E-state index is 0.0748. The average molecular weight is 432 g/mol. The number of carbonyl (C=O) groups excluding carboxylic acids is 2. The maximum Gasteiger partial charge on any atom is 0.319 e. The summed E-state index contributed by atoms with van der Waals surface area (Å²) in [5.41, 5.74) is 0.0748. The van der Waals surface area contributed by atoms with Crippen molar-refractivity contribution < 1.29 is 18.7 Å². The van der Waals surface area contributed by atoms with E-state index in [9.17, 15) is 14.0 Å². The maximum absolute atomic E-state index is 14.3. The molecule has 0 aliphatic rings. The molecule has 1 rings (SSSR count). The second-order valence-corrected chi connectivity index (χ2v) is 8.73. The van der Waals surface area contributed by atoms with E-state index in [2.05, 4.69) is 5.32 Å². The van der Waals surface area contributed by atoms with Crippen molar-refractivity contribution >= 4 is 40.9 Å². The number of amides is 1. The summed E-state index contributed by atoms with van der Waals surface area (Å²) in [5.74, 6) is -0.925. The van der Waals surface area contributed by atoms with Gasteiger partial charge in [-0.3, -0.25) is 9.59 Å². The minimum Gasteiger partial charge on any atom is -0.462 e. The molecule has 28 heavy (non-hydrogen) atoms. The van der Waals surface area contributed by atoms with E-state index in [0.29, 0.717) is 17.7 Å². The van der Waals surface area contributed by atoms with Gasteiger partial charge in [-0.05, 0) is 37.8 Å². The number of carbonyl (C=O) groups is 2. The number of hydrogen-bond acceptors (Lipinski definition) is 4. The third kappa shape index (κ3) is 8.00. The Kier molecular flexibility index (Phi) is 10.9. The Bertz CT molecular complexity index is 671. The highest BCUT2D eigenvalue weighted by atomic mass is 35.5. The number of esters is 1. The second kappa shape index (κ2) is 12.3. The van der Waals surface area contributed by atoms with Crippen LogP contribution < -0.4 is 5.32 Å². The zero-order valence-electron chi connectivity index (χ0n) is 17.3. The Hall–Kier alpha value is -1.27. The van der Waals surface area contributed by atoms with Gasteiger partial charge in [0.05, 0.1) is 16.8 Å². The molecule has 0 fully saturated rings. The highest BCUT2D eigenvalue weighted by Crippen LogP contribution is 2.36. The first-order chi connectivity index (χ1) is 13.2. The molecule has 3 atom stereocenters. The molecule has 0 radical (unpaired) electrons. The van der Waals surface area contributed by atoms with Crippen molar-refractivity contribution in [2.75, 3.05) is 5.32 Å². The predicted octanol–water partition coefficient (Wildman–Crippen LogP) is 6.46. The summed E-state index contributed by atoms with van der Waals surface area (Å²) in [5, 5.41) is 2.39. The van der Waals surface area contributed by atoms with Crippen LogP contribution in [0.1, 0.15) is 66.7 Å². The van der Waals surface area contributed by atoms with Crippen LogP contribution in [0.5, 0.6) is 0 Å². The van der Waals surface area contributed by atoms with Gasteiger partial charge in [0.25, 0.3) is 0 Å². The number of benzene rings is 1. The summed E-state index contributed by atoms with van der Waals surface area (Å²) >= 11 is 7.45. The quantitative estimate of drug-likeness (QED) is 0.323. The average Bonchev–Trinajstić information content (AvgIpc) is 2.64. The lowest BCUT2D eigenvalue weighted by molar-refractivity contribution is -0.147. The van der Waals surface area contributed by atoms with Gasteiger partial charge < -0.3 is 10.1 Å². The Morgan fingerprint density at radius 1 is 1.21 bits per heavy atom. The highest BCUT2D eigenvalue weighted by molar-refractivity contribution is 8.00. The van der Waals surface area contributed by atoms with Gasteiger partial charge in [-0.25, -0.2) is 4.39 Å². The standard InChI is InChI=1S/C21H31ClFNO3S/c1-6-9-18(21(26)27-14(5)8-3)28-19-12-17(16(23)11-15(19)22)24-20(25)10-13(4)7-2/h11-14,18H,6-10H2,1-5H3,(H,24,25). The molecule has 0 aromatic heterocycles. The van der Waals surface area contributed by atoms with Crippen LogP contribution in [-0.2, 0) is 14.3 Å². The molecular weight excluding hydrogens is 401 g/mol. The first-order valence-electron chi connectivity index (χ1n) is 9.87. The van der Waals surface area contributed by atoms with E-state index in [1.807, 2.05) is 34.6 Å². The van der Waals surface area contributed by atoms with Crippen molar-refractivity contribution in [2.45, 2.75) is 83.0 Å². The third-order valence-corrected chi connectivity index (χ3v) is 6.23. The molecule has 0 heterocycles. The van der Waals surface area contributed by atoms with Crippen LogP contribution >= 0.6 is 23.4 Å². The van der Waals surface area contributed by atoms with Crippen LogP contribution in [0.25, 0.3) is 0 Å². The van der Waals surface area contributed by atoms with Crippen molar-refractivity contribution in [2.24, 2.45) is 5.92 Å². The minimum atomic E-state index is -0.596. The van der Waals surface area contributed by atoms with Gasteiger partial charge in [-0.2, -0.15) is 0 Å². The van der Waals surface area contributed by atoms with Gasteiger partial charge in [-0.15, -0.1) is 11.8 Å². The van der Waals surface area contributed by atoms with Crippen LogP contribution in [0.2, 0.25) is 5.02 Å². The number of rotatable bonds is 11. The normalized spacial score (nSPS) is 14.2. The zero-order chi connectivity index (χ0) is 21.3. The Labute approximate surface area is 176 Å². The van der Waals surface area contributed by atoms with E-state index < -0.39 is 11.1 Å². The molecule has 0 saturated carbocycles. The fourth-order valence-electron chi connectivity index (χ4n) is 2.38. The number of thioether (sulfide) groups is 1. The molecule has 0 bridgehead atoms. The van der Waals surface area contributed by atoms with Crippen molar-refractivity contribution in [3.63, 3.8) is 0 Å². The van der Waals surface area contributed by atoms with Crippen LogP contribution in [-0.4, -0.2) is 23.2 Å². The monoisotopic (exact) mass is 431 g/mol.